The maximum Gasteiger partial charge on any atom is 0.0945 e. The summed E-state index contributed by atoms with van der Waals surface area (Å²) in [5.74, 6) is 0.684. The SMILES string of the molecule is Cc1cc(Cl)ccc1C(O)C1CC(C)CCN1. The molecule has 1 aliphatic rings. The van der Waals surface area contributed by atoms with Gasteiger partial charge in [-0.15, -0.1) is 0 Å². The van der Waals surface area contributed by atoms with Crippen LogP contribution in [-0.2, 0) is 0 Å². The first-order chi connectivity index (χ1) is 8.08. The Morgan fingerprint density at radius 2 is 2.24 bits per heavy atom. The second-order valence-electron chi connectivity index (χ2n) is 5.14. The summed E-state index contributed by atoms with van der Waals surface area (Å²) >= 11 is 5.93. The average molecular weight is 254 g/mol. The molecule has 2 rings (SSSR count). The molecule has 2 nitrogen and oxygen atoms in total. The van der Waals surface area contributed by atoms with Crippen molar-refractivity contribution in [3.05, 3.63) is 34.3 Å². The molecule has 1 fully saturated rings. The minimum absolute atomic E-state index is 0.165. The van der Waals surface area contributed by atoms with Gasteiger partial charge in [0, 0.05) is 11.1 Å². The van der Waals surface area contributed by atoms with E-state index >= 15 is 0 Å². The molecule has 0 amide bonds. The number of nitrogens with one attached hydrogen (secondary N) is 1. The number of halogens is 1. The number of piperidine rings is 1. The Morgan fingerprint density at radius 3 is 2.88 bits per heavy atom. The zero-order valence-corrected chi connectivity index (χ0v) is 11.2. The zero-order chi connectivity index (χ0) is 12.4. The monoisotopic (exact) mass is 253 g/mol. The Morgan fingerprint density at radius 1 is 1.47 bits per heavy atom. The van der Waals surface area contributed by atoms with E-state index in [1.165, 1.54) is 6.42 Å². The van der Waals surface area contributed by atoms with Crippen LogP contribution in [-0.4, -0.2) is 17.7 Å². The zero-order valence-electron chi connectivity index (χ0n) is 10.4. The number of benzene rings is 1. The minimum Gasteiger partial charge on any atom is -0.387 e. The minimum atomic E-state index is -0.435. The van der Waals surface area contributed by atoms with E-state index in [0.717, 1.165) is 29.1 Å². The quantitative estimate of drug-likeness (QED) is 0.849. The highest BCUT2D eigenvalue weighted by molar-refractivity contribution is 6.30. The first kappa shape index (κ1) is 12.9. The molecule has 1 aliphatic heterocycles. The number of aliphatic hydroxyl groups is 1. The van der Waals surface area contributed by atoms with Gasteiger partial charge in [0.05, 0.1) is 6.10 Å². The highest BCUT2D eigenvalue weighted by Crippen LogP contribution is 2.28. The van der Waals surface area contributed by atoms with Crippen LogP contribution in [0.15, 0.2) is 18.2 Å². The Bertz CT molecular complexity index is 394. The highest BCUT2D eigenvalue weighted by atomic mass is 35.5. The lowest BCUT2D eigenvalue weighted by Gasteiger charge is -2.32. The highest BCUT2D eigenvalue weighted by Gasteiger charge is 2.26. The van der Waals surface area contributed by atoms with Gasteiger partial charge in [-0.1, -0.05) is 24.6 Å². The average Bonchev–Trinajstić information content (AvgIpc) is 2.28. The van der Waals surface area contributed by atoms with E-state index in [-0.39, 0.29) is 6.04 Å². The number of aryl methyl sites for hydroxylation is 1. The van der Waals surface area contributed by atoms with Crippen molar-refractivity contribution in [1.29, 1.82) is 0 Å². The van der Waals surface area contributed by atoms with E-state index in [2.05, 4.69) is 12.2 Å². The summed E-state index contributed by atoms with van der Waals surface area (Å²) in [4.78, 5) is 0. The maximum absolute atomic E-state index is 10.4. The third-order valence-corrected chi connectivity index (χ3v) is 3.87. The van der Waals surface area contributed by atoms with Gasteiger partial charge in [0.15, 0.2) is 0 Å². The second-order valence-corrected chi connectivity index (χ2v) is 5.57. The molecular formula is C14H20ClNO. The van der Waals surface area contributed by atoms with Gasteiger partial charge >= 0.3 is 0 Å². The van der Waals surface area contributed by atoms with E-state index in [0.29, 0.717) is 5.92 Å². The van der Waals surface area contributed by atoms with Crippen LogP contribution in [0, 0.1) is 12.8 Å². The smallest absolute Gasteiger partial charge is 0.0945 e. The van der Waals surface area contributed by atoms with Gasteiger partial charge in [-0.2, -0.15) is 0 Å². The van der Waals surface area contributed by atoms with Crippen LogP contribution in [0.25, 0.3) is 0 Å². The van der Waals surface area contributed by atoms with Gasteiger partial charge in [-0.3, -0.25) is 0 Å². The third-order valence-electron chi connectivity index (χ3n) is 3.63. The molecule has 3 atom stereocenters. The molecule has 0 spiro atoms. The molecule has 17 heavy (non-hydrogen) atoms. The standard InChI is InChI=1S/C14H20ClNO/c1-9-5-6-16-13(7-9)14(17)12-4-3-11(15)8-10(12)2/h3-4,8-9,13-14,16-17H,5-7H2,1-2H3. The fourth-order valence-corrected chi connectivity index (χ4v) is 2.80. The van der Waals surface area contributed by atoms with Crippen LogP contribution in [0.3, 0.4) is 0 Å². The van der Waals surface area contributed by atoms with Crippen molar-refractivity contribution in [3.8, 4) is 0 Å². The Labute approximate surface area is 108 Å². The molecule has 1 saturated heterocycles. The summed E-state index contributed by atoms with van der Waals surface area (Å²) in [6.45, 7) is 5.24. The molecule has 3 unspecified atom stereocenters. The van der Waals surface area contributed by atoms with E-state index < -0.39 is 6.10 Å². The lowest BCUT2D eigenvalue weighted by molar-refractivity contribution is 0.101. The number of aliphatic hydroxyl groups excluding tert-OH is 1. The predicted molar refractivity (Wildman–Crippen MR) is 71.3 cm³/mol. The van der Waals surface area contributed by atoms with Crippen LogP contribution >= 0.6 is 11.6 Å². The van der Waals surface area contributed by atoms with Crippen LogP contribution in [0.4, 0.5) is 0 Å². The fraction of sp³-hybridized carbons (Fsp3) is 0.571. The fourth-order valence-electron chi connectivity index (χ4n) is 2.58. The molecule has 3 heteroatoms. The molecule has 0 saturated carbocycles. The van der Waals surface area contributed by atoms with Crippen molar-refractivity contribution in [2.75, 3.05) is 6.54 Å². The van der Waals surface area contributed by atoms with Gasteiger partial charge in [0.2, 0.25) is 0 Å². The van der Waals surface area contributed by atoms with Crippen LogP contribution < -0.4 is 5.32 Å². The van der Waals surface area contributed by atoms with E-state index in [9.17, 15) is 5.11 Å². The van der Waals surface area contributed by atoms with Gasteiger partial charge in [-0.05, 0) is 55.5 Å². The largest absolute Gasteiger partial charge is 0.387 e. The van der Waals surface area contributed by atoms with Crippen molar-refractivity contribution in [1.82, 2.24) is 5.32 Å². The molecule has 2 N–H and O–H groups in total. The molecule has 0 aliphatic carbocycles. The Hall–Kier alpha value is -0.570. The topological polar surface area (TPSA) is 32.3 Å². The molecule has 1 aromatic carbocycles. The summed E-state index contributed by atoms with van der Waals surface area (Å²) in [5, 5.41) is 14.6. The van der Waals surface area contributed by atoms with Gasteiger partial charge < -0.3 is 10.4 Å². The Balaban J connectivity index is 2.15. The number of hydrogen-bond donors (Lipinski definition) is 2. The number of hydrogen-bond acceptors (Lipinski definition) is 2. The predicted octanol–water partition coefficient (Wildman–Crippen LogP) is 3.07. The summed E-state index contributed by atoms with van der Waals surface area (Å²) in [7, 11) is 0. The van der Waals surface area contributed by atoms with E-state index in [1.54, 1.807) is 0 Å². The van der Waals surface area contributed by atoms with Crippen molar-refractivity contribution >= 4 is 11.6 Å². The summed E-state index contributed by atoms with van der Waals surface area (Å²) in [5.41, 5.74) is 2.05. The van der Waals surface area contributed by atoms with E-state index in [1.807, 2.05) is 25.1 Å². The molecule has 1 aromatic rings. The molecular weight excluding hydrogens is 234 g/mol. The van der Waals surface area contributed by atoms with Crippen molar-refractivity contribution in [3.63, 3.8) is 0 Å². The molecule has 0 aromatic heterocycles. The molecule has 94 valence electrons. The first-order valence-corrected chi connectivity index (χ1v) is 6.63. The third kappa shape index (κ3) is 3.01. The molecule has 0 bridgehead atoms. The lowest BCUT2D eigenvalue weighted by Crippen LogP contribution is -2.41. The summed E-state index contributed by atoms with van der Waals surface area (Å²) in [6.07, 6.45) is 1.79. The maximum atomic E-state index is 10.4. The number of rotatable bonds is 2. The van der Waals surface area contributed by atoms with Crippen molar-refractivity contribution in [2.45, 2.75) is 38.8 Å². The normalized spacial score (nSPS) is 26.8. The first-order valence-electron chi connectivity index (χ1n) is 6.25. The van der Waals surface area contributed by atoms with Gasteiger partial charge in [0.1, 0.15) is 0 Å². The van der Waals surface area contributed by atoms with E-state index in [4.69, 9.17) is 11.6 Å². The van der Waals surface area contributed by atoms with Crippen LogP contribution in [0.5, 0.6) is 0 Å². The summed E-state index contributed by atoms with van der Waals surface area (Å²) in [6, 6.07) is 5.85. The van der Waals surface area contributed by atoms with Crippen LogP contribution in [0.1, 0.15) is 37.0 Å². The van der Waals surface area contributed by atoms with Gasteiger partial charge in [-0.25, -0.2) is 0 Å². The second kappa shape index (κ2) is 5.38. The summed E-state index contributed by atoms with van der Waals surface area (Å²) < 4.78 is 0. The van der Waals surface area contributed by atoms with Crippen LogP contribution in [0.2, 0.25) is 5.02 Å². The lowest BCUT2D eigenvalue weighted by atomic mass is 9.87. The Kier molecular flexibility index (Phi) is 4.08. The molecule has 1 heterocycles. The van der Waals surface area contributed by atoms with Crippen molar-refractivity contribution in [2.24, 2.45) is 5.92 Å². The van der Waals surface area contributed by atoms with Crippen molar-refractivity contribution < 1.29 is 5.11 Å². The molecule has 0 radical (unpaired) electrons. The van der Waals surface area contributed by atoms with Gasteiger partial charge in [0.25, 0.3) is 0 Å².